The van der Waals surface area contributed by atoms with E-state index in [9.17, 15) is 4.39 Å². The predicted octanol–water partition coefficient (Wildman–Crippen LogP) is 3.07. The number of nitrogens with one attached hydrogen (secondary N) is 2. The summed E-state index contributed by atoms with van der Waals surface area (Å²) >= 11 is 0. The highest BCUT2D eigenvalue weighted by atomic mass is 127. The van der Waals surface area contributed by atoms with Crippen molar-refractivity contribution in [2.45, 2.75) is 51.7 Å². The lowest BCUT2D eigenvalue weighted by Crippen LogP contribution is -2.45. The lowest BCUT2D eigenvalue weighted by molar-refractivity contribution is 0.113. The van der Waals surface area contributed by atoms with Gasteiger partial charge >= 0.3 is 0 Å². The van der Waals surface area contributed by atoms with E-state index in [0.29, 0.717) is 25.6 Å². The van der Waals surface area contributed by atoms with Crippen molar-refractivity contribution >= 4 is 29.9 Å². The summed E-state index contributed by atoms with van der Waals surface area (Å²) in [6.45, 7) is 8.61. The van der Waals surface area contributed by atoms with E-state index in [1.54, 1.807) is 12.1 Å². The fourth-order valence-corrected chi connectivity index (χ4v) is 3.24. The molecule has 1 atom stereocenters. The van der Waals surface area contributed by atoms with E-state index in [0.717, 1.165) is 36.7 Å². The predicted molar refractivity (Wildman–Crippen MR) is 127 cm³/mol. The molecule has 0 spiro atoms. The minimum atomic E-state index is -0.268. The van der Waals surface area contributed by atoms with Crippen LogP contribution in [0, 0.1) is 12.7 Å². The van der Waals surface area contributed by atoms with Crippen molar-refractivity contribution in [2.24, 2.45) is 12.0 Å². The van der Waals surface area contributed by atoms with Crippen LogP contribution in [-0.4, -0.2) is 46.5 Å². The average Bonchev–Trinajstić information content (AvgIpc) is 3.32. The number of ether oxygens (including phenoxy) is 1. The van der Waals surface area contributed by atoms with Gasteiger partial charge in [-0.15, -0.1) is 34.2 Å². The van der Waals surface area contributed by atoms with Crippen LogP contribution in [0.15, 0.2) is 29.3 Å². The molecule has 1 aromatic carbocycles. The second-order valence-corrected chi connectivity index (χ2v) is 8.15. The summed E-state index contributed by atoms with van der Waals surface area (Å²) in [4.78, 5) is 4.68. The molecule has 2 N–H and O–H groups in total. The van der Waals surface area contributed by atoms with Crippen LogP contribution in [0.25, 0.3) is 0 Å². The highest BCUT2D eigenvalue weighted by molar-refractivity contribution is 14.0. The third kappa shape index (κ3) is 6.63. The molecule has 0 bridgehead atoms. The number of rotatable bonds is 7. The number of hydrogen-bond acceptors (Lipinski definition) is 4. The van der Waals surface area contributed by atoms with E-state index in [4.69, 9.17) is 4.74 Å². The number of nitrogens with zero attached hydrogens (tertiary/aromatic N) is 4. The number of hydrogen-bond donors (Lipinski definition) is 2. The Bertz CT molecular complexity index is 848. The van der Waals surface area contributed by atoms with Crippen molar-refractivity contribution in [1.82, 2.24) is 25.4 Å². The van der Waals surface area contributed by atoms with Gasteiger partial charge in [-0.3, -0.25) is 0 Å². The van der Waals surface area contributed by atoms with Gasteiger partial charge in [-0.1, -0.05) is 26.0 Å². The Balaban J connectivity index is 0.00000320. The van der Waals surface area contributed by atoms with E-state index in [-0.39, 0.29) is 41.3 Å². The highest BCUT2D eigenvalue weighted by Gasteiger charge is 2.22. The van der Waals surface area contributed by atoms with E-state index in [1.165, 1.54) is 6.07 Å². The van der Waals surface area contributed by atoms with Crippen LogP contribution < -0.4 is 10.6 Å². The number of aromatic nitrogens is 3. The maximum atomic E-state index is 13.7. The zero-order valence-corrected chi connectivity index (χ0v) is 20.4. The number of aliphatic imine (C=N–C) groups is 1. The first-order valence-corrected chi connectivity index (χ1v) is 10.1. The van der Waals surface area contributed by atoms with Gasteiger partial charge in [0.15, 0.2) is 11.8 Å². The second-order valence-electron chi connectivity index (χ2n) is 8.15. The molecule has 2 heterocycles. The van der Waals surface area contributed by atoms with Crippen molar-refractivity contribution < 1.29 is 9.13 Å². The molecule has 3 rings (SSSR count). The molecule has 1 aliphatic heterocycles. The van der Waals surface area contributed by atoms with Gasteiger partial charge in [0.25, 0.3) is 0 Å². The molecule has 7 nitrogen and oxygen atoms in total. The van der Waals surface area contributed by atoms with Crippen molar-refractivity contribution in [3.8, 4) is 0 Å². The molecular weight excluding hydrogens is 498 g/mol. The van der Waals surface area contributed by atoms with Crippen molar-refractivity contribution in [1.29, 1.82) is 0 Å². The molecular formula is C21H32FIN6O. The average molecular weight is 530 g/mol. The van der Waals surface area contributed by atoms with E-state index < -0.39 is 0 Å². The molecule has 1 aliphatic rings. The Morgan fingerprint density at radius 3 is 2.77 bits per heavy atom. The largest absolute Gasteiger partial charge is 0.376 e. The Morgan fingerprint density at radius 2 is 2.13 bits per heavy atom. The molecule has 1 aromatic heterocycles. The molecule has 1 unspecified atom stereocenters. The summed E-state index contributed by atoms with van der Waals surface area (Å²) in [6, 6.07) is 6.74. The molecule has 0 radical (unpaired) electrons. The van der Waals surface area contributed by atoms with Crippen LogP contribution in [-0.2, 0) is 23.7 Å². The van der Waals surface area contributed by atoms with E-state index >= 15 is 0 Å². The normalized spacial score (nSPS) is 17.0. The van der Waals surface area contributed by atoms with E-state index in [1.807, 2.05) is 24.6 Å². The molecule has 0 saturated carbocycles. The molecule has 166 valence electrons. The number of guanidine groups is 1. The minimum absolute atomic E-state index is 0. The fourth-order valence-electron chi connectivity index (χ4n) is 3.24. The van der Waals surface area contributed by atoms with Gasteiger partial charge in [0.1, 0.15) is 18.2 Å². The molecule has 0 aliphatic carbocycles. The first-order valence-electron chi connectivity index (χ1n) is 10.1. The van der Waals surface area contributed by atoms with Gasteiger partial charge in [0.2, 0.25) is 0 Å². The third-order valence-electron chi connectivity index (χ3n) is 5.39. The standard InChI is InChI=1S/C21H31FN6O.HI/c1-15-26-27-19(28(15)4)13-24-20(23-12-18-9-6-10-29-18)25-14-21(2,3)16-7-5-8-17(22)11-16;/h5,7-8,11,18H,6,9-10,12-14H2,1-4H3,(H2,23,24,25);1H. The first-order chi connectivity index (χ1) is 13.8. The topological polar surface area (TPSA) is 76.4 Å². The fraction of sp³-hybridized carbons (Fsp3) is 0.571. The maximum Gasteiger partial charge on any atom is 0.191 e. The quantitative estimate of drug-likeness (QED) is 0.327. The zero-order chi connectivity index (χ0) is 20.9. The Kier molecular flexibility index (Phi) is 9.02. The molecule has 2 aromatic rings. The van der Waals surface area contributed by atoms with Crippen molar-refractivity contribution in [2.75, 3.05) is 19.7 Å². The van der Waals surface area contributed by atoms with Crippen LogP contribution >= 0.6 is 24.0 Å². The lowest BCUT2D eigenvalue weighted by atomic mass is 9.84. The first kappa shape index (κ1) is 24.5. The molecule has 9 heteroatoms. The van der Waals surface area contributed by atoms with Gasteiger partial charge in [0.05, 0.1) is 6.10 Å². The van der Waals surface area contributed by atoms with Crippen LogP contribution in [0.1, 0.15) is 43.9 Å². The summed E-state index contributed by atoms with van der Waals surface area (Å²) < 4.78 is 21.3. The van der Waals surface area contributed by atoms with Gasteiger partial charge in [0, 0.05) is 32.2 Å². The van der Waals surface area contributed by atoms with Gasteiger partial charge < -0.3 is 19.9 Å². The lowest BCUT2D eigenvalue weighted by Gasteiger charge is -2.27. The number of aryl methyl sites for hydroxylation is 1. The summed E-state index contributed by atoms with van der Waals surface area (Å²) in [5.74, 6) is 2.11. The highest BCUT2D eigenvalue weighted by Crippen LogP contribution is 2.22. The Labute approximate surface area is 194 Å². The smallest absolute Gasteiger partial charge is 0.191 e. The monoisotopic (exact) mass is 530 g/mol. The minimum Gasteiger partial charge on any atom is -0.376 e. The van der Waals surface area contributed by atoms with Crippen LogP contribution in [0.3, 0.4) is 0 Å². The van der Waals surface area contributed by atoms with Gasteiger partial charge in [-0.05, 0) is 37.5 Å². The third-order valence-corrected chi connectivity index (χ3v) is 5.39. The zero-order valence-electron chi connectivity index (χ0n) is 18.1. The number of benzene rings is 1. The Hall–Kier alpha value is -1.75. The summed E-state index contributed by atoms with van der Waals surface area (Å²) in [5.41, 5.74) is 0.669. The summed E-state index contributed by atoms with van der Waals surface area (Å²) in [6.07, 6.45) is 2.35. The van der Waals surface area contributed by atoms with Crippen LogP contribution in [0.2, 0.25) is 0 Å². The van der Waals surface area contributed by atoms with Crippen molar-refractivity contribution in [3.63, 3.8) is 0 Å². The molecule has 30 heavy (non-hydrogen) atoms. The molecule has 1 saturated heterocycles. The summed E-state index contributed by atoms with van der Waals surface area (Å²) in [5, 5.41) is 15.0. The van der Waals surface area contributed by atoms with Gasteiger partial charge in [-0.2, -0.15) is 0 Å². The summed E-state index contributed by atoms with van der Waals surface area (Å²) in [7, 11) is 1.93. The van der Waals surface area contributed by atoms with E-state index in [2.05, 4.69) is 39.7 Å². The number of halogens is 2. The van der Waals surface area contributed by atoms with Crippen LogP contribution in [0.5, 0.6) is 0 Å². The maximum absolute atomic E-state index is 13.7. The molecule has 1 fully saturated rings. The van der Waals surface area contributed by atoms with Crippen molar-refractivity contribution in [3.05, 3.63) is 47.3 Å². The van der Waals surface area contributed by atoms with Crippen LogP contribution in [0.4, 0.5) is 4.39 Å². The Morgan fingerprint density at radius 1 is 1.33 bits per heavy atom. The van der Waals surface area contributed by atoms with Gasteiger partial charge in [-0.25, -0.2) is 9.38 Å². The molecule has 0 amide bonds. The SMILES string of the molecule is Cc1nnc(CN=C(NCC2CCCO2)NCC(C)(C)c2cccc(F)c2)n1C.I. The second kappa shape index (κ2) is 11.0.